The van der Waals surface area contributed by atoms with Gasteiger partial charge in [-0.3, -0.25) is 0 Å². The first kappa shape index (κ1) is 13.5. The van der Waals surface area contributed by atoms with Crippen LogP contribution in [0.2, 0.25) is 0 Å². The fourth-order valence-corrected chi connectivity index (χ4v) is 4.09. The van der Waals surface area contributed by atoms with Crippen LogP contribution in [-0.2, 0) is 13.0 Å². The van der Waals surface area contributed by atoms with Crippen molar-refractivity contribution >= 4 is 28.8 Å². The molecule has 2 aromatic rings. The zero-order valence-corrected chi connectivity index (χ0v) is 12.3. The summed E-state index contributed by atoms with van der Waals surface area (Å²) in [6.07, 6.45) is 3.35. The van der Waals surface area contributed by atoms with E-state index in [9.17, 15) is 9.90 Å². The molecule has 1 aliphatic rings. The first-order chi connectivity index (χ1) is 9.70. The van der Waals surface area contributed by atoms with Crippen LogP contribution in [0.3, 0.4) is 0 Å². The van der Waals surface area contributed by atoms with E-state index in [1.54, 1.807) is 6.07 Å². The minimum Gasteiger partial charge on any atom is -0.478 e. The summed E-state index contributed by atoms with van der Waals surface area (Å²) in [6, 6.07) is 5.42. The Morgan fingerprint density at radius 3 is 3.05 bits per heavy atom. The Morgan fingerprint density at radius 2 is 2.40 bits per heavy atom. The van der Waals surface area contributed by atoms with Gasteiger partial charge >= 0.3 is 5.97 Å². The second-order valence-electron chi connectivity index (χ2n) is 5.11. The number of carboxylic acids is 1. The van der Waals surface area contributed by atoms with E-state index in [-0.39, 0.29) is 0 Å². The minimum atomic E-state index is -0.904. The lowest BCUT2D eigenvalue weighted by Crippen LogP contribution is -2.12. The number of fused-ring (bicyclic) bond motifs is 1. The topological polar surface area (TPSA) is 55.1 Å². The largest absolute Gasteiger partial charge is 0.478 e. The van der Waals surface area contributed by atoms with Crippen LogP contribution >= 0.6 is 11.8 Å². The molecule has 106 valence electrons. The van der Waals surface area contributed by atoms with Crippen molar-refractivity contribution in [1.29, 1.82) is 0 Å². The normalized spacial score (nSPS) is 18.8. The maximum absolute atomic E-state index is 11.3. The molecule has 3 rings (SSSR count). The summed E-state index contributed by atoms with van der Waals surface area (Å²) in [5.41, 5.74) is 1.88. The average molecular weight is 290 g/mol. The molecule has 0 radical (unpaired) electrons. The second kappa shape index (κ2) is 5.48. The van der Waals surface area contributed by atoms with E-state index in [1.165, 1.54) is 18.6 Å². The van der Waals surface area contributed by atoms with Crippen molar-refractivity contribution in [3.05, 3.63) is 29.6 Å². The number of imidazole rings is 1. The van der Waals surface area contributed by atoms with Gasteiger partial charge in [0.25, 0.3) is 0 Å². The lowest BCUT2D eigenvalue weighted by atomic mass is 10.2. The number of rotatable bonds is 4. The molecule has 4 nitrogen and oxygen atoms in total. The number of para-hydroxylation sites is 1. The summed E-state index contributed by atoms with van der Waals surface area (Å²) in [7, 11) is 0. The molecule has 1 N–H and O–H groups in total. The monoisotopic (exact) mass is 290 g/mol. The summed E-state index contributed by atoms with van der Waals surface area (Å²) < 4.78 is 2.21. The molecule has 2 heterocycles. The highest BCUT2D eigenvalue weighted by Gasteiger charge is 2.21. The van der Waals surface area contributed by atoms with Crippen LogP contribution in [-0.4, -0.2) is 31.6 Å². The number of nitrogens with zero attached hydrogens (tertiary/aromatic N) is 2. The molecule has 1 aliphatic heterocycles. The Morgan fingerprint density at radius 1 is 1.55 bits per heavy atom. The smallest absolute Gasteiger partial charge is 0.337 e. The van der Waals surface area contributed by atoms with Crippen LogP contribution in [0.15, 0.2) is 18.2 Å². The Labute approximate surface area is 122 Å². The maximum atomic E-state index is 11.3. The average Bonchev–Trinajstić information content (AvgIpc) is 3.06. The molecule has 0 bridgehead atoms. The molecule has 1 atom stereocenters. The third-order valence-corrected chi connectivity index (χ3v) is 5.20. The number of carboxylic acid groups (broad SMARTS) is 1. The number of aromatic nitrogens is 2. The zero-order valence-electron chi connectivity index (χ0n) is 11.5. The van der Waals surface area contributed by atoms with Crippen LogP contribution < -0.4 is 0 Å². The molecule has 0 saturated carbocycles. The van der Waals surface area contributed by atoms with Gasteiger partial charge < -0.3 is 9.67 Å². The maximum Gasteiger partial charge on any atom is 0.337 e. The first-order valence-corrected chi connectivity index (χ1v) is 8.08. The van der Waals surface area contributed by atoms with Crippen molar-refractivity contribution in [2.75, 3.05) is 5.75 Å². The van der Waals surface area contributed by atoms with E-state index in [1.807, 2.05) is 23.9 Å². The Kier molecular flexibility index (Phi) is 3.70. The first-order valence-electron chi connectivity index (χ1n) is 7.03. The van der Waals surface area contributed by atoms with E-state index in [0.717, 1.165) is 24.3 Å². The number of carbonyl (C=O) groups is 1. The zero-order chi connectivity index (χ0) is 14.1. The molecule has 1 aromatic heterocycles. The van der Waals surface area contributed by atoms with Gasteiger partial charge in [-0.2, -0.15) is 11.8 Å². The van der Waals surface area contributed by atoms with Crippen molar-refractivity contribution in [3.8, 4) is 0 Å². The number of aromatic carboxylic acids is 1. The predicted octanol–water partition coefficient (Wildman–Crippen LogP) is 3.19. The van der Waals surface area contributed by atoms with Crippen LogP contribution in [0.25, 0.3) is 11.0 Å². The van der Waals surface area contributed by atoms with Gasteiger partial charge in [0.05, 0.1) is 11.1 Å². The van der Waals surface area contributed by atoms with Crippen molar-refractivity contribution < 1.29 is 9.90 Å². The van der Waals surface area contributed by atoms with Crippen LogP contribution in [0.4, 0.5) is 0 Å². The van der Waals surface area contributed by atoms with Crippen molar-refractivity contribution in [2.45, 2.75) is 38.0 Å². The molecule has 1 fully saturated rings. The Hall–Kier alpha value is -1.49. The highest BCUT2D eigenvalue weighted by atomic mass is 32.2. The number of benzene rings is 1. The predicted molar refractivity (Wildman–Crippen MR) is 81.6 cm³/mol. The van der Waals surface area contributed by atoms with Crippen LogP contribution in [0, 0.1) is 0 Å². The van der Waals surface area contributed by atoms with Crippen molar-refractivity contribution in [2.24, 2.45) is 0 Å². The lowest BCUT2D eigenvalue weighted by Gasteiger charge is -2.13. The second-order valence-corrected chi connectivity index (χ2v) is 6.51. The van der Waals surface area contributed by atoms with Crippen LogP contribution in [0.5, 0.6) is 0 Å². The molecule has 1 aromatic carbocycles. The number of hydrogen-bond donors (Lipinski definition) is 1. The van der Waals surface area contributed by atoms with Gasteiger partial charge in [-0.25, -0.2) is 9.78 Å². The van der Waals surface area contributed by atoms with Crippen LogP contribution in [0.1, 0.15) is 35.9 Å². The van der Waals surface area contributed by atoms with Crippen molar-refractivity contribution in [3.63, 3.8) is 0 Å². The number of aryl methyl sites for hydroxylation is 1. The van der Waals surface area contributed by atoms with Gasteiger partial charge in [-0.15, -0.1) is 0 Å². The summed E-state index contributed by atoms with van der Waals surface area (Å²) in [5.74, 6) is 1.32. The highest BCUT2D eigenvalue weighted by Crippen LogP contribution is 2.30. The van der Waals surface area contributed by atoms with Gasteiger partial charge in [0.15, 0.2) is 0 Å². The van der Waals surface area contributed by atoms with E-state index < -0.39 is 5.97 Å². The van der Waals surface area contributed by atoms with Crippen molar-refractivity contribution in [1.82, 2.24) is 9.55 Å². The van der Waals surface area contributed by atoms with Gasteiger partial charge in [0.2, 0.25) is 0 Å². The quantitative estimate of drug-likeness (QED) is 0.939. The van der Waals surface area contributed by atoms with Gasteiger partial charge in [-0.1, -0.05) is 13.0 Å². The molecule has 1 saturated heterocycles. The summed E-state index contributed by atoms with van der Waals surface area (Å²) >= 11 is 2.01. The SMILES string of the molecule is CCc1nc2c(C(=O)O)cccc2n1CC1CCCS1. The van der Waals surface area contributed by atoms with E-state index in [2.05, 4.69) is 16.5 Å². The molecule has 0 amide bonds. The summed E-state index contributed by atoms with van der Waals surface area (Å²) in [6.45, 7) is 3.01. The fourth-order valence-electron chi connectivity index (χ4n) is 2.83. The molecule has 0 aliphatic carbocycles. The fraction of sp³-hybridized carbons (Fsp3) is 0.467. The van der Waals surface area contributed by atoms with E-state index >= 15 is 0 Å². The summed E-state index contributed by atoms with van der Waals surface area (Å²) in [5, 5.41) is 9.92. The van der Waals surface area contributed by atoms with E-state index in [0.29, 0.717) is 16.3 Å². The highest BCUT2D eigenvalue weighted by molar-refractivity contribution is 8.00. The summed E-state index contributed by atoms with van der Waals surface area (Å²) in [4.78, 5) is 15.9. The standard InChI is InChI=1S/C15H18N2O2S/c1-2-13-16-14-11(15(18)19)6-3-7-12(14)17(13)9-10-5-4-8-20-10/h3,6-7,10H,2,4-5,8-9H2,1H3,(H,18,19). The van der Waals surface area contributed by atoms with Gasteiger partial charge in [0.1, 0.15) is 11.3 Å². The molecule has 1 unspecified atom stereocenters. The molecular weight excluding hydrogens is 272 g/mol. The third-order valence-electron chi connectivity index (χ3n) is 3.81. The minimum absolute atomic E-state index is 0.301. The number of hydrogen-bond acceptors (Lipinski definition) is 3. The Balaban J connectivity index is 2.09. The number of thioether (sulfide) groups is 1. The molecule has 0 spiro atoms. The third kappa shape index (κ3) is 2.30. The Bertz CT molecular complexity index is 645. The van der Waals surface area contributed by atoms with Gasteiger partial charge in [0, 0.05) is 18.2 Å². The van der Waals surface area contributed by atoms with Gasteiger partial charge in [-0.05, 0) is 30.7 Å². The lowest BCUT2D eigenvalue weighted by molar-refractivity contribution is 0.0699. The molecular formula is C15H18N2O2S. The molecule has 20 heavy (non-hydrogen) atoms. The van der Waals surface area contributed by atoms with E-state index in [4.69, 9.17) is 0 Å². The molecule has 5 heteroatoms.